The van der Waals surface area contributed by atoms with Crippen molar-refractivity contribution in [2.45, 2.75) is 45.4 Å². The monoisotopic (exact) mass is 295 g/mol. The van der Waals surface area contributed by atoms with E-state index in [9.17, 15) is 4.79 Å². The van der Waals surface area contributed by atoms with Crippen molar-refractivity contribution in [3.63, 3.8) is 0 Å². The molecule has 1 fully saturated rings. The first-order chi connectivity index (χ1) is 9.54. The Labute approximate surface area is 125 Å². The van der Waals surface area contributed by atoms with E-state index in [2.05, 4.69) is 47.9 Å². The zero-order valence-electron chi connectivity index (χ0n) is 12.8. The molecule has 0 bridgehead atoms. The number of hydrogen-bond acceptors (Lipinski definition) is 4. The van der Waals surface area contributed by atoms with Crippen LogP contribution >= 0.6 is 11.3 Å². The molecule has 5 heteroatoms. The molecule has 0 aliphatic carbocycles. The molecular weight excluding hydrogens is 270 g/mol. The molecule has 1 saturated heterocycles. The zero-order chi connectivity index (χ0) is 14.7. The molecule has 0 aromatic carbocycles. The summed E-state index contributed by atoms with van der Waals surface area (Å²) in [5.41, 5.74) is 1.19. The average Bonchev–Trinajstić information content (AvgIpc) is 3.05. The van der Waals surface area contributed by atoms with Gasteiger partial charge >= 0.3 is 0 Å². The maximum absolute atomic E-state index is 12.3. The Morgan fingerprint density at radius 3 is 2.90 bits per heavy atom. The summed E-state index contributed by atoms with van der Waals surface area (Å²) in [5.74, 6) is 0.207. The van der Waals surface area contributed by atoms with Crippen LogP contribution in [0.4, 0.5) is 0 Å². The summed E-state index contributed by atoms with van der Waals surface area (Å²) in [5, 5.41) is 7.57. The normalized spacial score (nSPS) is 24.6. The van der Waals surface area contributed by atoms with Gasteiger partial charge in [0.15, 0.2) is 0 Å². The molecule has 0 saturated carbocycles. The molecule has 3 atom stereocenters. The van der Waals surface area contributed by atoms with Crippen LogP contribution in [0.1, 0.15) is 38.9 Å². The van der Waals surface area contributed by atoms with Crippen molar-refractivity contribution in [2.24, 2.45) is 0 Å². The zero-order valence-corrected chi connectivity index (χ0v) is 13.6. The molecule has 0 radical (unpaired) electrons. The minimum absolute atomic E-state index is 0.0362. The molecule has 4 nitrogen and oxygen atoms in total. The average molecular weight is 295 g/mol. The molecule has 20 heavy (non-hydrogen) atoms. The van der Waals surface area contributed by atoms with Gasteiger partial charge in [-0.2, -0.15) is 11.3 Å². The third-order valence-corrected chi connectivity index (χ3v) is 4.97. The molecule has 1 aliphatic rings. The van der Waals surface area contributed by atoms with Crippen LogP contribution in [-0.2, 0) is 4.79 Å². The molecule has 2 heterocycles. The number of thiophene rings is 1. The van der Waals surface area contributed by atoms with E-state index in [1.165, 1.54) is 5.56 Å². The van der Waals surface area contributed by atoms with Crippen molar-refractivity contribution in [3.8, 4) is 0 Å². The summed E-state index contributed by atoms with van der Waals surface area (Å²) < 4.78 is 0. The van der Waals surface area contributed by atoms with E-state index >= 15 is 0 Å². The molecule has 1 N–H and O–H groups in total. The Morgan fingerprint density at radius 1 is 1.55 bits per heavy atom. The number of hydrogen-bond donors (Lipinski definition) is 1. The molecular formula is C15H25N3OS. The Hall–Kier alpha value is -0.910. The number of amides is 1. The van der Waals surface area contributed by atoms with E-state index in [0.717, 1.165) is 19.5 Å². The molecule has 1 aromatic heterocycles. The number of nitrogens with zero attached hydrogens (tertiary/aromatic N) is 2. The van der Waals surface area contributed by atoms with Crippen molar-refractivity contribution in [1.29, 1.82) is 0 Å². The Balaban J connectivity index is 2.01. The summed E-state index contributed by atoms with van der Waals surface area (Å²) in [6.07, 6.45) is 1.17. The van der Waals surface area contributed by atoms with Crippen molar-refractivity contribution < 1.29 is 4.79 Å². The first-order valence-corrected chi connectivity index (χ1v) is 8.27. The minimum atomic E-state index is -0.0891. The van der Waals surface area contributed by atoms with Gasteiger partial charge < -0.3 is 9.80 Å². The van der Waals surface area contributed by atoms with E-state index in [-0.39, 0.29) is 18.1 Å². The Kier molecular flexibility index (Phi) is 5.18. The summed E-state index contributed by atoms with van der Waals surface area (Å²) in [7, 11) is 2.13. The van der Waals surface area contributed by atoms with Crippen molar-refractivity contribution in [3.05, 3.63) is 22.4 Å². The Morgan fingerprint density at radius 2 is 2.30 bits per heavy atom. The van der Waals surface area contributed by atoms with E-state index in [4.69, 9.17) is 0 Å². The number of rotatable bonds is 6. The second kappa shape index (κ2) is 6.70. The molecule has 1 amide bonds. The second-order valence-electron chi connectivity index (χ2n) is 5.62. The summed E-state index contributed by atoms with van der Waals surface area (Å²) in [6, 6.07) is 2.56. The molecule has 2 rings (SSSR count). The minimum Gasteiger partial charge on any atom is -0.320 e. The van der Waals surface area contributed by atoms with Crippen LogP contribution in [0.5, 0.6) is 0 Å². The van der Waals surface area contributed by atoms with Gasteiger partial charge in [-0.1, -0.05) is 6.92 Å². The van der Waals surface area contributed by atoms with Crippen LogP contribution in [0.2, 0.25) is 0 Å². The number of nitrogens with one attached hydrogen (secondary N) is 1. The fourth-order valence-electron chi connectivity index (χ4n) is 2.52. The topological polar surface area (TPSA) is 35.6 Å². The summed E-state index contributed by atoms with van der Waals surface area (Å²) in [4.78, 5) is 16.6. The lowest BCUT2D eigenvalue weighted by Crippen LogP contribution is -2.39. The van der Waals surface area contributed by atoms with E-state index in [1.807, 2.05) is 11.8 Å². The lowest BCUT2D eigenvalue weighted by atomic mass is 10.2. The van der Waals surface area contributed by atoms with Gasteiger partial charge in [-0.25, -0.2) is 0 Å². The first-order valence-electron chi connectivity index (χ1n) is 7.33. The third-order valence-electron chi connectivity index (χ3n) is 4.27. The van der Waals surface area contributed by atoms with E-state index in [0.29, 0.717) is 6.04 Å². The van der Waals surface area contributed by atoms with Crippen LogP contribution in [0.3, 0.4) is 0 Å². The maximum atomic E-state index is 12.3. The van der Waals surface area contributed by atoms with Crippen LogP contribution in [-0.4, -0.2) is 47.9 Å². The maximum Gasteiger partial charge on any atom is 0.241 e. The van der Waals surface area contributed by atoms with Crippen molar-refractivity contribution in [2.75, 3.05) is 20.1 Å². The molecule has 1 aliphatic heterocycles. The Bertz CT molecular complexity index is 434. The van der Waals surface area contributed by atoms with E-state index < -0.39 is 0 Å². The van der Waals surface area contributed by atoms with E-state index in [1.54, 1.807) is 11.3 Å². The fourth-order valence-corrected chi connectivity index (χ4v) is 3.20. The van der Waals surface area contributed by atoms with Crippen LogP contribution < -0.4 is 5.32 Å². The molecule has 3 unspecified atom stereocenters. The summed E-state index contributed by atoms with van der Waals surface area (Å²) >= 11 is 1.68. The van der Waals surface area contributed by atoms with Crippen LogP contribution in [0.15, 0.2) is 16.8 Å². The number of carbonyl (C=O) groups excluding carboxylic acids is 1. The first kappa shape index (κ1) is 15.5. The highest BCUT2D eigenvalue weighted by Gasteiger charge is 2.37. The quantitative estimate of drug-likeness (QED) is 0.875. The highest BCUT2D eigenvalue weighted by Crippen LogP contribution is 2.26. The predicted octanol–water partition coefficient (Wildman–Crippen LogP) is 2.30. The third kappa shape index (κ3) is 3.22. The van der Waals surface area contributed by atoms with Gasteiger partial charge in [0.25, 0.3) is 0 Å². The van der Waals surface area contributed by atoms with Gasteiger partial charge in [0, 0.05) is 19.1 Å². The number of carbonyl (C=O) groups is 1. The fraction of sp³-hybridized carbons (Fsp3) is 0.667. The molecule has 112 valence electrons. The number of likely N-dealkylation sites (N-methyl/N-ethyl adjacent to an activating group) is 1. The highest BCUT2D eigenvalue weighted by atomic mass is 32.1. The molecule has 0 spiro atoms. The lowest BCUT2D eigenvalue weighted by Gasteiger charge is -2.29. The van der Waals surface area contributed by atoms with Gasteiger partial charge in [0.1, 0.15) is 6.17 Å². The summed E-state index contributed by atoms with van der Waals surface area (Å²) in [6.45, 7) is 8.05. The van der Waals surface area contributed by atoms with Crippen molar-refractivity contribution >= 4 is 17.2 Å². The van der Waals surface area contributed by atoms with Crippen LogP contribution in [0.25, 0.3) is 0 Å². The predicted molar refractivity (Wildman–Crippen MR) is 83.8 cm³/mol. The highest BCUT2D eigenvalue weighted by molar-refractivity contribution is 7.07. The lowest BCUT2D eigenvalue weighted by molar-refractivity contribution is -0.130. The van der Waals surface area contributed by atoms with Gasteiger partial charge in [0.2, 0.25) is 5.91 Å². The SMILES string of the molecule is CCC(C)N(C)CCN1C(=O)C(C)NC1c1ccsc1. The van der Waals surface area contributed by atoms with Gasteiger partial charge in [-0.3, -0.25) is 10.1 Å². The van der Waals surface area contributed by atoms with Crippen molar-refractivity contribution in [1.82, 2.24) is 15.1 Å². The largest absolute Gasteiger partial charge is 0.320 e. The molecule has 1 aromatic rings. The van der Waals surface area contributed by atoms with Gasteiger partial charge in [-0.15, -0.1) is 0 Å². The van der Waals surface area contributed by atoms with Gasteiger partial charge in [0.05, 0.1) is 6.04 Å². The smallest absolute Gasteiger partial charge is 0.241 e. The van der Waals surface area contributed by atoms with Gasteiger partial charge in [-0.05, 0) is 49.7 Å². The standard InChI is InChI=1S/C15H25N3OS/c1-5-11(2)17(4)7-8-18-14(13-6-9-20-10-13)16-12(3)15(18)19/h6,9-12,14,16H,5,7-8H2,1-4H3. The van der Waals surface area contributed by atoms with Crippen LogP contribution in [0, 0.1) is 0 Å². The second-order valence-corrected chi connectivity index (χ2v) is 6.40.